The van der Waals surface area contributed by atoms with Crippen LogP contribution in [0.5, 0.6) is 0 Å². The number of nitrogens with zero attached hydrogens (tertiary/aromatic N) is 3. The maximum Gasteiger partial charge on any atom is 0.160 e. The van der Waals surface area contributed by atoms with Gasteiger partial charge in [0, 0.05) is 34.5 Å². The number of hydrogen-bond acceptors (Lipinski definition) is 3. The molecule has 250 valence electrons. The molecule has 54 heavy (non-hydrogen) atoms. The largest absolute Gasteiger partial charge is 0.264 e. The molecular weight excluding hydrogens is 655 g/mol. The highest BCUT2D eigenvalue weighted by Crippen LogP contribution is 2.41. The zero-order valence-corrected chi connectivity index (χ0v) is 29.2. The lowest BCUT2D eigenvalue weighted by molar-refractivity contribution is 1.23. The van der Waals surface area contributed by atoms with Crippen LogP contribution in [0.1, 0.15) is 0 Å². The third kappa shape index (κ3) is 4.94. The molecule has 0 atom stereocenters. The van der Waals surface area contributed by atoms with E-state index in [2.05, 4.69) is 175 Å². The second-order valence-electron chi connectivity index (χ2n) is 14.0. The van der Waals surface area contributed by atoms with E-state index in [0.717, 1.165) is 55.2 Å². The standard InChI is InChI=1S/C51H31N3/c1-2-13-33-30-49-48(27-32(33)12-1)50(47-29-35-15-4-6-18-41(35)43-20-8-10-22-45(43)47)54-51(53-49)39-25-37(36-16-11-23-52-31-36)24-38(26-39)46-28-34-14-3-5-17-40(34)42-19-7-9-21-44(42)46/h1-31H. The monoisotopic (exact) mass is 685 g/mol. The van der Waals surface area contributed by atoms with Crippen LogP contribution in [0.15, 0.2) is 188 Å². The fourth-order valence-electron chi connectivity index (χ4n) is 8.31. The Hall–Kier alpha value is -7.23. The summed E-state index contributed by atoms with van der Waals surface area (Å²) in [6, 6.07) is 63.2. The minimum Gasteiger partial charge on any atom is -0.264 e. The summed E-state index contributed by atoms with van der Waals surface area (Å²) in [6.07, 6.45) is 3.75. The van der Waals surface area contributed by atoms with Crippen LogP contribution < -0.4 is 0 Å². The molecule has 0 fully saturated rings. The smallest absolute Gasteiger partial charge is 0.160 e. The lowest BCUT2D eigenvalue weighted by Crippen LogP contribution is -1.97. The van der Waals surface area contributed by atoms with E-state index in [-0.39, 0.29) is 0 Å². The molecule has 0 aliphatic carbocycles. The molecule has 0 spiro atoms. The van der Waals surface area contributed by atoms with Gasteiger partial charge in [0.05, 0.1) is 11.2 Å². The van der Waals surface area contributed by atoms with Crippen molar-refractivity contribution in [2.75, 3.05) is 0 Å². The van der Waals surface area contributed by atoms with Gasteiger partial charge in [0.1, 0.15) is 0 Å². The van der Waals surface area contributed by atoms with E-state index in [4.69, 9.17) is 9.97 Å². The number of hydrogen-bond donors (Lipinski definition) is 0. The zero-order chi connectivity index (χ0) is 35.6. The van der Waals surface area contributed by atoms with Gasteiger partial charge >= 0.3 is 0 Å². The minimum atomic E-state index is 0.683. The Morgan fingerprint density at radius 3 is 1.52 bits per heavy atom. The third-order valence-electron chi connectivity index (χ3n) is 10.9. The molecule has 11 rings (SSSR count). The second kappa shape index (κ2) is 12.2. The summed E-state index contributed by atoms with van der Waals surface area (Å²) in [6.45, 7) is 0. The van der Waals surface area contributed by atoms with Crippen LogP contribution in [0.4, 0.5) is 0 Å². The summed E-state index contributed by atoms with van der Waals surface area (Å²) in [5.41, 5.74) is 8.26. The summed E-state index contributed by atoms with van der Waals surface area (Å²) in [5.74, 6) is 0.683. The van der Waals surface area contributed by atoms with Crippen molar-refractivity contribution in [2.45, 2.75) is 0 Å². The third-order valence-corrected chi connectivity index (χ3v) is 10.9. The zero-order valence-electron chi connectivity index (χ0n) is 29.2. The highest BCUT2D eigenvalue weighted by molar-refractivity contribution is 6.17. The Balaban J connectivity index is 1.23. The van der Waals surface area contributed by atoms with Gasteiger partial charge in [-0.1, -0.05) is 127 Å². The van der Waals surface area contributed by atoms with Gasteiger partial charge in [-0.2, -0.15) is 0 Å². The highest BCUT2D eigenvalue weighted by atomic mass is 14.9. The second-order valence-corrected chi connectivity index (χ2v) is 14.0. The fourth-order valence-corrected chi connectivity index (χ4v) is 8.31. The van der Waals surface area contributed by atoms with Gasteiger partial charge < -0.3 is 0 Å². The lowest BCUT2D eigenvalue weighted by atomic mass is 9.90. The molecule has 9 aromatic carbocycles. The molecule has 2 aromatic heterocycles. The van der Waals surface area contributed by atoms with Crippen LogP contribution in [0.25, 0.3) is 110 Å². The first kappa shape index (κ1) is 30.4. The number of benzene rings is 9. The molecular formula is C51H31N3. The summed E-state index contributed by atoms with van der Waals surface area (Å²) in [5, 5.41) is 13.0. The van der Waals surface area contributed by atoms with Crippen molar-refractivity contribution >= 4 is 64.8 Å². The van der Waals surface area contributed by atoms with Crippen LogP contribution >= 0.6 is 0 Å². The van der Waals surface area contributed by atoms with E-state index >= 15 is 0 Å². The summed E-state index contributed by atoms with van der Waals surface area (Å²) in [7, 11) is 0. The molecule has 0 aliphatic heterocycles. The summed E-state index contributed by atoms with van der Waals surface area (Å²) < 4.78 is 0. The van der Waals surface area contributed by atoms with Crippen LogP contribution in [0, 0.1) is 0 Å². The maximum absolute atomic E-state index is 5.56. The first-order chi connectivity index (χ1) is 26.7. The van der Waals surface area contributed by atoms with Crippen molar-refractivity contribution in [1.29, 1.82) is 0 Å². The minimum absolute atomic E-state index is 0.683. The highest BCUT2D eigenvalue weighted by Gasteiger charge is 2.19. The molecule has 11 aromatic rings. The van der Waals surface area contributed by atoms with Crippen molar-refractivity contribution in [3.05, 3.63) is 188 Å². The van der Waals surface area contributed by atoms with E-state index in [1.54, 1.807) is 0 Å². The fraction of sp³-hybridized carbons (Fsp3) is 0. The predicted molar refractivity (Wildman–Crippen MR) is 227 cm³/mol. The molecule has 0 saturated carbocycles. The van der Waals surface area contributed by atoms with Crippen molar-refractivity contribution in [3.63, 3.8) is 0 Å². The Kier molecular flexibility index (Phi) is 6.86. The van der Waals surface area contributed by atoms with Crippen LogP contribution in [-0.2, 0) is 0 Å². The predicted octanol–water partition coefficient (Wildman–Crippen LogP) is 13.5. The molecule has 0 amide bonds. The molecule has 0 radical (unpaired) electrons. The summed E-state index contributed by atoms with van der Waals surface area (Å²) >= 11 is 0. The van der Waals surface area contributed by atoms with E-state index in [9.17, 15) is 0 Å². The molecule has 3 heteroatoms. The Bertz CT molecular complexity index is 3280. The summed E-state index contributed by atoms with van der Waals surface area (Å²) in [4.78, 5) is 15.4. The Morgan fingerprint density at radius 1 is 0.315 bits per heavy atom. The molecule has 2 heterocycles. The van der Waals surface area contributed by atoms with Crippen LogP contribution in [0.3, 0.4) is 0 Å². The van der Waals surface area contributed by atoms with Crippen LogP contribution in [-0.4, -0.2) is 15.0 Å². The van der Waals surface area contributed by atoms with Gasteiger partial charge in [-0.05, 0) is 119 Å². The van der Waals surface area contributed by atoms with Crippen molar-refractivity contribution < 1.29 is 0 Å². The molecule has 0 N–H and O–H groups in total. The average Bonchev–Trinajstić information content (AvgIpc) is 3.25. The number of rotatable bonds is 4. The Morgan fingerprint density at radius 2 is 0.852 bits per heavy atom. The normalized spacial score (nSPS) is 11.7. The molecule has 3 nitrogen and oxygen atoms in total. The maximum atomic E-state index is 5.56. The van der Waals surface area contributed by atoms with E-state index < -0.39 is 0 Å². The molecule has 0 saturated heterocycles. The molecule has 0 bridgehead atoms. The van der Waals surface area contributed by atoms with Crippen molar-refractivity contribution in [1.82, 2.24) is 15.0 Å². The van der Waals surface area contributed by atoms with Crippen molar-refractivity contribution in [2.24, 2.45) is 0 Å². The van der Waals surface area contributed by atoms with Gasteiger partial charge in [-0.25, -0.2) is 9.97 Å². The van der Waals surface area contributed by atoms with E-state index in [1.807, 2.05) is 18.5 Å². The quantitative estimate of drug-likeness (QED) is 0.137. The first-order valence-electron chi connectivity index (χ1n) is 18.3. The first-order valence-corrected chi connectivity index (χ1v) is 18.3. The van der Waals surface area contributed by atoms with Gasteiger partial charge in [-0.15, -0.1) is 0 Å². The number of pyridine rings is 1. The van der Waals surface area contributed by atoms with Crippen molar-refractivity contribution in [3.8, 4) is 44.9 Å². The van der Waals surface area contributed by atoms with E-state index in [0.29, 0.717) is 5.82 Å². The SMILES string of the molecule is c1cncc(-c2cc(-c3nc(-c4cc5ccccc5c5ccccc45)c4cc5ccccc5cc4n3)cc(-c3cc4ccccc4c4ccccc34)c2)c1. The van der Waals surface area contributed by atoms with Gasteiger partial charge in [0.15, 0.2) is 5.82 Å². The van der Waals surface area contributed by atoms with Gasteiger partial charge in [0.25, 0.3) is 0 Å². The number of fused-ring (bicyclic) bond motifs is 8. The lowest BCUT2D eigenvalue weighted by Gasteiger charge is -2.16. The number of aromatic nitrogens is 3. The average molecular weight is 686 g/mol. The Labute approximate surface area is 311 Å². The van der Waals surface area contributed by atoms with Gasteiger partial charge in [0.2, 0.25) is 0 Å². The van der Waals surface area contributed by atoms with Crippen LogP contribution in [0.2, 0.25) is 0 Å². The van der Waals surface area contributed by atoms with E-state index in [1.165, 1.54) is 48.7 Å². The topological polar surface area (TPSA) is 38.7 Å². The molecule has 0 aliphatic rings. The van der Waals surface area contributed by atoms with Gasteiger partial charge in [-0.3, -0.25) is 4.98 Å². The molecule has 0 unspecified atom stereocenters.